The number of nitrogens with zero attached hydrogens (tertiary/aromatic N) is 2. The summed E-state index contributed by atoms with van der Waals surface area (Å²) in [4.78, 5) is 12.4. The number of aromatic amines is 1. The van der Waals surface area contributed by atoms with E-state index < -0.39 is 5.41 Å². The predicted molar refractivity (Wildman–Crippen MR) is 102 cm³/mol. The minimum atomic E-state index is -0.424. The van der Waals surface area contributed by atoms with Gasteiger partial charge in [-0.2, -0.15) is 10.2 Å². The van der Waals surface area contributed by atoms with Crippen LogP contribution in [-0.2, 0) is 4.79 Å². The third-order valence-corrected chi connectivity index (χ3v) is 5.75. The lowest BCUT2D eigenvalue weighted by Gasteiger charge is -2.24. The lowest BCUT2D eigenvalue weighted by molar-refractivity contribution is -0.118. The van der Waals surface area contributed by atoms with Crippen LogP contribution in [0.5, 0.6) is 0 Å². The topological polar surface area (TPSA) is 70.1 Å². The van der Waals surface area contributed by atoms with Crippen molar-refractivity contribution in [3.05, 3.63) is 72.4 Å². The molecule has 5 nitrogen and oxygen atoms in total. The van der Waals surface area contributed by atoms with Crippen molar-refractivity contribution < 1.29 is 4.79 Å². The summed E-state index contributed by atoms with van der Waals surface area (Å²) in [5.74, 6) is 0.860. The van der Waals surface area contributed by atoms with Gasteiger partial charge in [0.2, 0.25) is 0 Å². The van der Waals surface area contributed by atoms with Crippen LogP contribution < -0.4 is 5.43 Å². The molecule has 2 aromatic rings. The third kappa shape index (κ3) is 1.88. The Hall–Kier alpha value is -3.21. The number of hydrogen-bond acceptors (Lipinski definition) is 4. The Morgan fingerprint density at radius 1 is 1.12 bits per heavy atom. The Bertz CT molecular complexity index is 1030. The Morgan fingerprint density at radius 3 is 2.69 bits per heavy atom. The maximum atomic E-state index is 12.4. The predicted octanol–water partition coefficient (Wildman–Crippen LogP) is 3.79. The van der Waals surface area contributed by atoms with Crippen molar-refractivity contribution in [3.8, 4) is 11.3 Å². The first-order valence-corrected chi connectivity index (χ1v) is 8.70. The van der Waals surface area contributed by atoms with Gasteiger partial charge < -0.3 is 0 Å². The number of carbonyl (C=O) groups excluding carboxylic acids is 1. The van der Waals surface area contributed by atoms with Gasteiger partial charge in [0.1, 0.15) is 0 Å². The van der Waals surface area contributed by atoms with Crippen molar-refractivity contribution in [1.82, 2.24) is 10.2 Å². The molecule has 2 N–H and O–H groups in total. The molecule has 1 fully saturated rings. The van der Waals surface area contributed by atoms with Gasteiger partial charge in [-0.25, -0.2) is 0 Å². The summed E-state index contributed by atoms with van der Waals surface area (Å²) in [6, 6.07) is 10.1. The van der Waals surface area contributed by atoms with Crippen LogP contribution in [0.15, 0.2) is 71.9 Å². The van der Waals surface area contributed by atoms with Crippen LogP contribution in [0.1, 0.15) is 12.0 Å². The van der Waals surface area contributed by atoms with Gasteiger partial charge in [0.05, 0.1) is 22.2 Å². The second-order valence-corrected chi connectivity index (χ2v) is 7.08. The van der Waals surface area contributed by atoms with Crippen LogP contribution in [0.25, 0.3) is 11.3 Å². The van der Waals surface area contributed by atoms with E-state index in [2.05, 4.69) is 26.8 Å². The molecule has 0 bridgehead atoms. The maximum absolute atomic E-state index is 12.4. The number of H-pyrrole nitrogens is 1. The second kappa shape index (κ2) is 5.14. The lowest BCUT2D eigenvalue weighted by Crippen LogP contribution is -2.31. The fourth-order valence-corrected chi connectivity index (χ4v) is 4.14. The molecule has 128 valence electrons. The van der Waals surface area contributed by atoms with E-state index in [1.165, 1.54) is 0 Å². The molecule has 0 radical (unpaired) electrons. The number of carbonyl (C=O) groups is 1. The molecule has 3 aliphatic carbocycles. The molecule has 1 aromatic carbocycles. The summed E-state index contributed by atoms with van der Waals surface area (Å²) >= 11 is 0. The summed E-state index contributed by atoms with van der Waals surface area (Å²) in [5, 5.41) is 12.1. The monoisotopic (exact) mass is 342 g/mol. The highest BCUT2D eigenvalue weighted by atomic mass is 16.1. The van der Waals surface area contributed by atoms with E-state index in [0.717, 1.165) is 29.0 Å². The highest BCUT2D eigenvalue weighted by Crippen LogP contribution is 2.70. The van der Waals surface area contributed by atoms with Crippen molar-refractivity contribution in [2.24, 2.45) is 15.9 Å². The second-order valence-electron chi connectivity index (χ2n) is 7.08. The van der Waals surface area contributed by atoms with Crippen LogP contribution in [0.3, 0.4) is 0 Å². The smallest absolute Gasteiger partial charge is 0.171 e. The zero-order valence-electron chi connectivity index (χ0n) is 14.4. The number of nitrogens with one attached hydrogen (secondary N) is 2. The summed E-state index contributed by atoms with van der Waals surface area (Å²) in [7, 11) is 0. The quantitative estimate of drug-likeness (QED) is 0.834. The summed E-state index contributed by atoms with van der Waals surface area (Å²) in [6.45, 7) is 2.01. The molecule has 0 aliphatic heterocycles. The molecule has 1 heterocycles. The average Bonchev–Trinajstić information content (AvgIpc) is 3.28. The first kappa shape index (κ1) is 15.1. The molecule has 5 heteroatoms. The van der Waals surface area contributed by atoms with Crippen molar-refractivity contribution in [3.63, 3.8) is 0 Å². The first-order valence-electron chi connectivity index (χ1n) is 8.70. The van der Waals surface area contributed by atoms with Crippen molar-refractivity contribution in [2.75, 3.05) is 5.43 Å². The van der Waals surface area contributed by atoms with Gasteiger partial charge in [0.15, 0.2) is 11.6 Å². The zero-order valence-corrected chi connectivity index (χ0v) is 14.4. The standard InChI is InChI=1S/C21H18N4O/c1-14-18(15-7-3-2-4-8-15)23-25-19(14)24-22-16-9-10-17(26)21-12-6-5-11-20(16,21)13-21/h2-12H,13H2,1H3,(H2,23,24,25)/b22-16+. The van der Waals surface area contributed by atoms with E-state index in [-0.39, 0.29) is 11.2 Å². The average molecular weight is 342 g/mol. The Labute approximate surface area is 151 Å². The molecular formula is C21H18N4O. The van der Waals surface area contributed by atoms with Crippen LogP contribution >= 0.6 is 0 Å². The maximum Gasteiger partial charge on any atom is 0.171 e. The Kier molecular flexibility index (Phi) is 2.98. The van der Waals surface area contributed by atoms with Crippen molar-refractivity contribution >= 4 is 17.3 Å². The molecule has 26 heavy (non-hydrogen) atoms. The fraction of sp³-hybridized carbons (Fsp3) is 0.190. The largest absolute Gasteiger partial charge is 0.294 e. The van der Waals surface area contributed by atoms with Gasteiger partial charge >= 0.3 is 0 Å². The number of allylic oxidation sites excluding steroid dienone is 6. The van der Waals surface area contributed by atoms with Gasteiger partial charge in [-0.15, -0.1) is 0 Å². The molecule has 1 saturated carbocycles. The van der Waals surface area contributed by atoms with Gasteiger partial charge in [-0.3, -0.25) is 15.3 Å². The Morgan fingerprint density at radius 2 is 1.88 bits per heavy atom. The van der Waals surface area contributed by atoms with E-state index in [0.29, 0.717) is 5.82 Å². The molecule has 5 rings (SSSR count). The van der Waals surface area contributed by atoms with Gasteiger partial charge in [0, 0.05) is 5.56 Å². The highest BCUT2D eigenvalue weighted by Gasteiger charge is 2.72. The normalized spacial score (nSPS) is 29.6. The summed E-state index contributed by atoms with van der Waals surface area (Å²) < 4.78 is 0. The van der Waals surface area contributed by atoms with E-state index >= 15 is 0 Å². The number of aromatic nitrogens is 2. The highest BCUT2D eigenvalue weighted by molar-refractivity contribution is 6.20. The minimum absolute atomic E-state index is 0.166. The number of hydrogen-bond donors (Lipinski definition) is 2. The molecular weight excluding hydrogens is 324 g/mol. The Balaban J connectivity index is 1.46. The molecule has 0 spiro atoms. The minimum Gasteiger partial charge on any atom is -0.294 e. The SMILES string of the molecule is Cc1c(N/N=C2\C=CC(=O)C34C=CC=CC23C4)n[nH]c1-c1ccccc1. The van der Waals surface area contributed by atoms with E-state index in [4.69, 9.17) is 0 Å². The van der Waals surface area contributed by atoms with E-state index in [1.807, 2.05) is 61.6 Å². The van der Waals surface area contributed by atoms with Crippen LogP contribution in [0, 0.1) is 17.8 Å². The van der Waals surface area contributed by atoms with Gasteiger partial charge in [-0.1, -0.05) is 54.6 Å². The van der Waals surface area contributed by atoms with E-state index in [1.54, 1.807) is 6.08 Å². The summed E-state index contributed by atoms with van der Waals surface area (Å²) in [5.41, 5.74) is 6.32. The number of benzene rings is 1. The van der Waals surface area contributed by atoms with E-state index in [9.17, 15) is 4.79 Å². The molecule has 2 unspecified atom stereocenters. The van der Waals surface area contributed by atoms with Crippen molar-refractivity contribution in [2.45, 2.75) is 13.3 Å². The molecule has 0 saturated heterocycles. The zero-order chi connectivity index (χ0) is 17.8. The van der Waals surface area contributed by atoms with Crippen LogP contribution in [-0.4, -0.2) is 21.7 Å². The number of ketones is 1. The van der Waals surface area contributed by atoms with Crippen molar-refractivity contribution in [1.29, 1.82) is 0 Å². The lowest BCUT2D eigenvalue weighted by atomic mass is 9.78. The number of rotatable bonds is 3. The van der Waals surface area contributed by atoms with Crippen LogP contribution in [0.4, 0.5) is 5.82 Å². The van der Waals surface area contributed by atoms with Gasteiger partial charge in [-0.05, 0) is 31.1 Å². The first-order chi connectivity index (χ1) is 12.7. The van der Waals surface area contributed by atoms with Crippen LogP contribution in [0.2, 0.25) is 0 Å². The fourth-order valence-electron chi connectivity index (χ4n) is 4.14. The van der Waals surface area contributed by atoms with Gasteiger partial charge in [0.25, 0.3) is 0 Å². The molecule has 1 aromatic heterocycles. The summed E-state index contributed by atoms with van der Waals surface area (Å²) in [6.07, 6.45) is 12.3. The molecule has 3 aliphatic rings. The number of anilines is 1. The molecule has 2 atom stereocenters. The molecule has 0 amide bonds. The third-order valence-electron chi connectivity index (χ3n) is 5.75. The number of hydrazone groups is 1.